The van der Waals surface area contributed by atoms with Gasteiger partial charge in [-0.15, -0.1) is 0 Å². The highest BCUT2D eigenvalue weighted by Gasteiger charge is 2.30. The molecule has 1 fully saturated rings. The lowest BCUT2D eigenvalue weighted by Crippen LogP contribution is -2.25. The molecule has 0 saturated heterocycles. The molecule has 2 nitrogen and oxygen atoms in total. The van der Waals surface area contributed by atoms with Crippen molar-refractivity contribution in [1.29, 1.82) is 0 Å². The Labute approximate surface area is 60.2 Å². The average molecular weight is 147 g/mol. The Morgan fingerprint density at radius 2 is 2.20 bits per heavy atom. The molecule has 1 saturated carbocycles. The minimum absolute atomic E-state index is 0.157. The summed E-state index contributed by atoms with van der Waals surface area (Å²) in [6, 6.07) is -0.281. The molecule has 0 spiro atoms. The average Bonchev–Trinajstić information content (AvgIpc) is 2.14. The van der Waals surface area contributed by atoms with E-state index in [1.165, 1.54) is 0 Å². The number of nitrogens with two attached hydrogens (primary N) is 1. The molecule has 60 valence electrons. The molecule has 0 bridgehead atoms. The normalized spacial score (nSPS) is 40.5. The lowest BCUT2D eigenvalue weighted by atomic mass is 10.0. The van der Waals surface area contributed by atoms with E-state index in [1.807, 2.05) is 0 Å². The van der Waals surface area contributed by atoms with Gasteiger partial charge in [0.2, 0.25) is 0 Å². The van der Waals surface area contributed by atoms with Gasteiger partial charge in [-0.25, -0.2) is 4.39 Å². The van der Waals surface area contributed by atoms with Crippen molar-refractivity contribution >= 4 is 0 Å². The molecule has 10 heavy (non-hydrogen) atoms. The molecule has 3 N–H and O–H groups in total. The van der Waals surface area contributed by atoms with Gasteiger partial charge in [0.05, 0.1) is 0 Å². The third-order valence-corrected chi connectivity index (χ3v) is 2.17. The first-order chi connectivity index (χ1) is 4.74. The highest BCUT2D eigenvalue weighted by Crippen LogP contribution is 2.28. The Kier molecular flexibility index (Phi) is 2.63. The van der Waals surface area contributed by atoms with Crippen molar-refractivity contribution in [3.05, 3.63) is 0 Å². The summed E-state index contributed by atoms with van der Waals surface area (Å²) in [6.07, 6.45) is 1.15. The van der Waals surface area contributed by atoms with E-state index in [4.69, 9.17) is 10.8 Å². The van der Waals surface area contributed by atoms with Crippen LogP contribution in [0.1, 0.15) is 19.3 Å². The van der Waals surface area contributed by atoms with Crippen LogP contribution >= 0.6 is 0 Å². The summed E-state index contributed by atoms with van der Waals surface area (Å²) in [5, 5.41) is 8.54. The van der Waals surface area contributed by atoms with E-state index in [0.29, 0.717) is 18.8 Å². The van der Waals surface area contributed by atoms with Crippen LogP contribution in [0.3, 0.4) is 0 Å². The van der Waals surface area contributed by atoms with Gasteiger partial charge in [-0.3, -0.25) is 0 Å². The quantitative estimate of drug-likeness (QED) is 0.595. The minimum atomic E-state index is -0.837. The van der Waals surface area contributed by atoms with Crippen LogP contribution in [0.4, 0.5) is 4.39 Å². The molecule has 0 aromatic rings. The van der Waals surface area contributed by atoms with Gasteiger partial charge in [0, 0.05) is 12.6 Å². The first-order valence-corrected chi connectivity index (χ1v) is 3.74. The Bertz CT molecular complexity index is 99.8. The molecular formula is C7H14FNO. The van der Waals surface area contributed by atoms with E-state index >= 15 is 0 Å². The van der Waals surface area contributed by atoms with Gasteiger partial charge in [-0.1, -0.05) is 0 Å². The van der Waals surface area contributed by atoms with E-state index < -0.39 is 6.17 Å². The van der Waals surface area contributed by atoms with Crippen LogP contribution in [0.5, 0.6) is 0 Å². The molecule has 0 aromatic carbocycles. The summed E-state index contributed by atoms with van der Waals surface area (Å²) >= 11 is 0. The zero-order valence-corrected chi connectivity index (χ0v) is 5.96. The van der Waals surface area contributed by atoms with Gasteiger partial charge in [0.25, 0.3) is 0 Å². The molecule has 0 aliphatic heterocycles. The van der Waals surface area contributed by atoms with E-state index in [2.05, 4.69) is 0 Å². The van der Waals surface area contributed by atoms with Gasteiger partial charge in [-0.2, -0.15) is 0 Å². The fourth-order valence-corrected chi connectivity index (χ4v) is 1.54. The minimum Gasteiger partial charge on any atom is -0.396 e. The van der Waals surface area contributed by atoms with Crippen molar-refractivity contribution in [2.24, 2.45) is 11.7 Å². The van der Waals surface area contributed by atoms with Crippen LogP contribution in [0.15, 0.2) is 0 Å². The number of rotatable bonds is 2. The summed E-state index contributed by atoms with van der Waals surface area (Å²) in [5.41, 5.74) is 5.44. The lowest BCUT2D eigenvalue weighted by Gasteiger charge is -2.03. The Hall–Kier alpha value is -0.150. The maximum atomic E-state index is 12.7. The van der Waals surface area contributed by atoms with Gasteiger partial charge in [0.1, 0.15) is 6.17 Å². The zero-order valence-electron chi connectivity index (χ0n) is 5.96. The summed E-state index contributed by atoms with van der Waals surface area (Å²) in [5.74, 6) is 0.315. The highest BCUT2D eigenvalue weighted by atomic mass is 19.1. The second-order valence-electron chi connectivity index (χ2n) is 3.03. The Balaban J connectivity index is 2.27. The maximum absolute atomic E-state index is 12.7. The number of halogens is 1. The molecule has 1 aliphatic rings. The molecule has 3 atom stereocenters. The van der Waals surface area contributed by atoms with E-state index in [0.717, 1.165) is 6.42 Å². The topological polar surface area (TPSA) is 46.2 Å². The van der Waals surface area contributed by atoms with Crippen molar-refractivity contribution in [2.45, 2.75) is 31.5 Å². The van der Waals surface area contributed by atoms with Crippen molar-refractivity contribution in [2.75, 3.05) is 6.61 Å². The fraction of sp³-hybridized carbons (Fsp3) is 1.00. The van der Waals surface area contributed by atoms with E-state index in [-0.39, 0.29) is 12.6 Å². The van der Waals surface area contributed by atoms with Crippen molar-refractivity contribution in [3.63, 3.8) is 0 Å². The predicted octanol–water partition coefficient (Wildman–Crippen LogP) is 0.444. The van der Waals surface area contributed by atoms with Gasteiger partial charge < -0.3 is 10.8 Å². The van der Waals surface area contributed by atoms with Gasteiger partial charge in [-0.05, 0) is 25.2 Å². The third kappa shape index (κ3) is 1.67. The molecule has 0 amide bonds. The Morgan fingerprint density at radius 3 is 2.60 bits per heavy atom. The SMILES string of the molecule is N[C@@H]1C[C@H](CCO)C[C@H]1F. The number of hydrogen-bond donors (Lipinski definition) is 2. The molecule has 0 heterocycles. The van der Waals surface area contributed by atoms with Crippen LogP contribution < -0.4 is 5.73 Å². The second-order valence-corrected chi connectivity index (χ2v) is 3.03. The second kappa shape index (κ2) is 3.30. The maximum Gasteiger partial charge on any atom is 0.115 e. The molecule has 1 rings (SSSR count). The van der Waals surface area contributed by atoms with Gasteiger partial charge in [0.15, 0.2) is 0 Å². The lowest BCUT2D eigenvalue weighted by molar-refractivity contribution is 0.250. The number of alkyl halides is 1. The smallest absolute Gasteiger partial charge is 0.115 e. The van der Waals surface area contributed by atoms with Crippen LogP contribution in [0, 0.1) is 5.92 Å². The molecule has 0 aromatic heterocycles. The van der Waals surface area contributed by atoms with Crippen LogP contribution in [0.2, 0.25) is 0 Å². The first kappa shape index (κ1) is 7.95. The third-order valence-electron chi connectivity index (χ3n) is 2.17. The number of aliphatic hydroxyl groups excluding tert-OH is 1. The largest absolute Gasteiger partial charge is 0.396 e. The van der Waals surface area contributed by atoms with Crippen molar-refractivity contribution < 1.29 is 9.50 Å². The van der Waals surface area contributed by atoms with Crippen LogP contribution in [0.25, 0.3) is 0 Å². The molecule has 0 radical (unpaired) electrons. The molecular weight excluding hydrogens is 133 g/mol. The van der Waals surface area contributed by atoms with Crippen molar-refractivity contribution in [1.82, 2.24) is 0 Å². The predicted molar refractivity (Wildman–Crippen MR) is 37.3 cm³/mol. The summed E-state index contributed by atoms with van der Waals surface area (Å²) in [7, 11) is 0. The fourth-order valence-electron chi connectivity index (χ4n) is 1.54. The van der Waals surface area contributed by atoms with Crippen LogP contribution in [-0.2, 0) is 0 Å². The first-order valence-electron chi connectivity index (χ1n) is 3.74. The van der Waals surface area contributed by atoms with Crippen molar-refractivity contribution in [3.8, 4) is 0 Å². The molecule has 0 unspecified atom stereocenters. The highest BCUT2D eigenvalue weighted by molar-refractivity contribution is 4.85. The summed E-state index contributed by atoms with van der Waals surface area (Å²) in [6.45, 7) is 0.157. The Morgan fingerprint density at radius 1 is 1.50 bits per heavy atom. The standard InChI is InChI=1S/C7H14FNO/c8-6-3-5(1-2-10)4-7(6)9/h5-7,10H,1-4,9H2/t5-,6-,7-/m1/s1. The van der Waals surface area contributed by atoms with Crippen LogP contribution in [-0.4, -0.2) is 23.9 Å². The van der Waals surface area contributed by atoms with Gasteiger partial charge >= 0.3 is 0 Å². The van der Waals surface area contributed by atoms with E-state index in [1.54, 1.807) is 0 Å². The summed E-state index contributed by atoms with van der Waals surface area (Å²) < 4.78 is 12.7. The zero-order chi connectivity index (χ0) is 7.56. The molecule has 3 heteroatoms. The van der Waals surface area contributed by atoms with E-state index in [9.17, 15) is 4.39 Å². The number of aliphatic hydroxyl groups is 1. The number of hydrogen-bond acceptors (Lipinski definition) is 2. The monoisotopic (exact) mass is 147 g/mol. The summed E-state index contributed by atoms with van der Waals surface area (Å²) in [4.78, 5) is 0. The molecule has 1 aliphatic carbocycles.